The fraction of sp³-hybridized carbons (Fsp3) is 0.333. The van der Waals surface area contributed by atoms with Gasteiger partial charge in [0.05, 0.1) is 0 Å². The molecule has 2 rings (SSSR count). The lowest BCUT2D eigenvalue weighted by Crippen LogP contribution is -2.04. The molecule has 0 saturated heterocycles. The molecule has 3 heteroatoms. The summed E-state index contributed by atoms with van der Waals surface area (Å²) in [7, 11) is 0. The van der Waals surface area contributed by atoms with Crippen molar-refractivity contribution in [1.29, 1.82) is 0 Å². The first-order chi connectivity index (χ1) is 5.68. The van der Waals surface area contributed by atoms with Crippen molar-refractivity contribution in [3.8, 4) is 5.75 Å². The SMILES string of the molecule is N[C@@H]1CCc2c(Cl)cc(O)cc21. The number of halogens is 1. The van der Waals surface area contributed by atoms with Gasteiger partial charge in [-0.05, 0) is 36.1 Å². The number of aromatic hydroxyl groups is 1. The van der Waals surface area contributed by atoms with Crippen molar-refractivity contribution in [3.05, 3.63) is 28.3 Å². The van der Waals surface area contributed by atoms with Crippen LogP contribution in [0.2, 0.25) is 5.02 Å². The fourth-order valence-electron chi connectivity index (χ4n) is 1.69. The summed E-state index contributed by atoms with van der Waals surface area (Å²) in [6.07, 6.45) is 1.86. The van der Waals surface area contributed by atoms with Gasteiger partial charge in [0.2, 0.25) is 0 Å². The average Bonchev–Trinajstić information content (AvgIpc) is 2.33. The van der Waals surface area contributed by atoms with Gasteiger partial charge in [0.25, 0.3) is 0 Å². The molecule has 0 bridgehead atoms. The molecule has 0 spiro atoms. The van der Waals surface area contributed by atoms with Crippen molar-refractivity contribution < 1.29 is 5.11 Å². The Morgan fingerprint density at radius 2 is 2.25 bits per heavy atom. The number of nitrogens with two attached hydrogens (primary N) is 1. The second-order valence-electron chi connectivity index (χ2n) is 3.14. The number of benzene rings is 1. The quantitative estimate of drug-likeness (QED) is 0.646. The maximum Gasteiger partial charge on any atom is 0.117 e. The number of rotatable bonds is 0. The van der Waals surface area contributed by atoms with Crippen molar-refractivity contribution in [2.24, 2.45) is 5.73 Å². The van der Waals surface area contributed by atoms with E-state index < -0.39 is 0 Å². The van der Waals surface area contributed by atoms with Gasteiger partial charge in [0.15, 0.2) is 0 Å². The molecular formula is C9H10ClNO. The number of hydrogen-bond acceptors (Lipinski definition) is 2. The van der Waals surface area contributed by atoms with Gasteiger partial charge in [0, 0.05) is 11.1 Å². The molecule has 12 heavy (non-hydrogen) atoms. The highest BCUT2D eigenvalue weighted by molar-refractivity contribution is 6.31. The van der Waals surface area contributed by atoms with E-state index in [1.54, 1.807) is 12.1 Å². The third-order valence-electron chi connectivity index (χ3n) is 2.32. The summed E-state index contributed by atoms with van der Waals surface area (Å²) in [6, 6.07) is 3.32. The molecular weight excluding hydrogens is 174 g/mol. The van der Waals surface area contributed by atoms with E-state index >= 15 is 0 Å². The van der Waals surface area contributed by atoms with Crippen molar-refractivity contribution in [1.82, 2.24) is 0 Å². The van der Waals surface area contributed by atoms with E-state index in [2.05, 4.69) is 0 Å². The van der Waals surface area contributed by atoms with Gasteiger partial charge >= 0.3 is 0 Å². The molecule has 0 radical (unpaired) electrons. The number of hydrogen-bond donors (Lipinski definition) is 2. The van der Waals surface area contributed by atoms with Gasteiger partial charge in [-0.3, -0.25) is 0 Å². The monoisotopic (exact) mass is 183 g/mol. The first-order valence-corrected chi connectivity index (χ1v) is 4.33. The van der Waals surface area contributed by atoms with Gasteiger partial charge in [-0.15, -0.1) is 0 Å². The van der Waals surface area contributed by atoms with Crippen LogP contribution in [0.4, 0.5) is 0 Å². The molecule has 1 aliphatic carbocycles. The second kappa shape index (κ2) is 2.64. The minimum Gasteiger partial charge on any atom is -0.508 e. The fourth-order valence-corrected chi connectivity index (χ4v) is 2.01. The van der Waals surface area contributed by atoms with E-state index in [1.807, 2.05) is 0 Å². The van der Waals surface area contributed by atoms with E-state index in [0.717, 1.165) is 24.0 Å². The first kappa shape index (κ1) is 7.90. The number of phenolic OH excluding ortho intramolecular Hbond substituents is 1. The Hall–Kier alpha value is -0.730. The highest BCUT2D eigenvalue weighted by atomic mass is 35.5. The highest BCUT2D eigenvalue weighted by Crippen LogP contribution is 2.36. The normalized spacial score (nSPS) is 21.0. The Labute approximate surface area is 76.0 Å². The van der Waals surface area contributed by atoms with Crippen LogP contribution in [0.5, 0.6) is 5.75 Å². The maximum absolute atomic E-state index is 9.26. The number of phenols is 1. The van der Waals surface area contributed by atoms with E-state index in [9.17, 15) is 5.11 Å². The lowest BCUT2D eigenvalue weighted by atomic mass is 10.1. The highest BCUT2D eigenvalue weighted by Gasteiger charge is 2.21. The van der Waals surface area contributed by atoms with Crippen molar-refractivity contribution in [2.75, 3.05) is 0 Å². The molecule has 0 saturated carbocycles. The summed E-state index contributed by atoms with van der Waals surface area (Å²) in [5, 5.41) is 9.89. The Morgan fingerprint density at radius 1 is 1.50 bits per heavy atom. The Morgan fingerprint density at radius 3 is 3.00 bits per heavy atom. The smallest absolute Gasteiger partial charge is 0.117 e. The maximum atomic E-state index is 9.26. The molecule has 1 aromatic rings. The van der Waals surface area contributed by atoms with Crippen LogP contribution in [0, 0.1) is 0 Å². The van der Waals surface area contributed by atoms with Gasteiger partial charge in [0.1, 0.15) is 5.75 Å². The summed E-state index contributed by atoms with van der Waals surface area (Å²) >= 11 is 5.92. The van der Waals surface area contributed by atoms with Crippen LogP contribution in [0.25, 0.3) is 0 Å². The van der Waals surface area contributed by atoms with Gasteiger partial charge in [-0.1, -0.05) is 11.6 Å². The largest absolute Gasteiger partial charge is 0.508 e. The van der Waals surface area contributed by atoms with Crippen LogP contribution in [-0.2, 0) is 6.42 Å². The van der Waals surface area contributed by atoms with Crippen molar-refractivity contribution in [3.63, 3.8) is 0 Å². The Bertz CT molecular complexity index is 325. The zero-order valence-corrected chi connectivity index (χ0v) is 7.30. The predicted octanol–water partition coefficient (Wildman–Crippen LogP) is 1.99. The van der Waals surface area contributed by atoms with Crippen molar-refractivity contribution in [2.45, 2.75) is 18.9 Å². The van der Waals surface area contributed by atoms with E-state index in [-0.39, 0.29) is 11.8 Å². The molecule has 0 amide bonds. The third kappa shape index (κ3) is 1.08. The lowest BCUT2D eigenvalue weighted by molar-refractivity contribution is 0.474. The van der Waals surface area contributed by atoms with E-state index in [1.165, 1.54) is 0 Å². The topological polar surface area (TPSA) is 46.2 Å². The van der Waals surface area contributed by atoms with Crippen molar-refractivity contribution >= 4 is 11.6 Å². The number of fused-ring (bicyclic) bond motifs is 1. The van der Waals surface area contributed by atoms with Crippen LogP contribution in [-0.4, -0.2) is 5.11 Å². The Balaban J connectivity index is 2.60. The summed E-state index contributed by atoms with van der Waals surface area (Å²) in [4.78, 5) is 0. The molecule has 1 atom stereocenters. The Kier molecular flexibility index (Phi) is 1.74. The molecule has 0 fully saturated rings. The molecule has 64 valence electrons. The zero-order chi connectivity index (χ0) is 8.72. The second-order valence-corrected chi connectivity index (χ2v) is 3.55. The van der Waals surface area contributed by atoms with Gasteiger partial charge in [-0.2, -0.15) is 0 Å². The lowest BCUT2D eigenvalue weighted by Gasteiger charge is -2.06. The van der Waals surface area contributed by atoms with E-state index in [4.69, 9.17) is 17.3 Å². The minimum atomic E-state index is 0.0459. The van der Waals surface area contributed by atoms with Gasteiger partial charge < -0.3 is 10.8 Å². The molecule has 0 aliphatic heterocycles. The van der Waals surface area contributed by atoms with Crippen LogP contribution >= 0.6 is 11.6 Å². The summed E-state index contributed by atoms with van der Waals surface area (Å²) in [5.41, 5.74) is 7.91. The molecule has 0 heterocycles. The molecule has 1 aromatic carbocycles. The third-order valence-corrected chi connectivity index (χ3v) is 2.66. The van der Waals surface area contributed by atoms with Crippen LogP contribution in [0.1, 0.15) is 23.6 Å². The molecule has 1 aliphatic rings. The van der Waals surface area contributed by atoms with Gasteiger partial charge in [-0.25, -0.2) is 0 Å². The zero-order valence-electron chi connectivity index (χ0n) is 6.55. The van der Waals surface area contributed by atoms with Crippen LogP contribution in [0.3, 0.4) is 0 Å². The molecule has 2 nitrogen and oxygen atoms in total. The molecule has 0 aromatic heterocycles. The minimum absolute atomic E-state index is 0.0459. The average molecular weight is 184 g/mol. The first-order valence-electron chi connectivity index (χ1n) is 3.95. The standard InChI is InChI=1S/C9H10ClNO/c10-8-4-5(12)3-7-6(8)1-2-9(7)11/h3-4,9,12H,1-2,11H2/t9-/m1/s1. The molecule has 3 N–H and O–H groups in total. The summed E-state index contributed by atoms with van der Waals surface area (Å²) < 4.78 is 0. The summed E-state index contributed by atoms with van der Waals surface area (Å²) in [5.74, 6) is 0.205. The van der Waals surface area contributed by atoms with Crippen LogP contribution < -0.4 is 5.73 Å². The van der Waals surface area contributed by atoms with E-state index in [0.29, 0.717) is 5.02 Å². The molecule has 0 unspecified atom stereocenters. The predicted molar refractivity (Wildman–Crippen MR) is 48.4 cm³/mol. The summed E-state index contributed by atoms with van der Waals surface area (Å²) in [6.45, 7) is 0. The van der Waals surface area contributed by atoms with Crippen LogP contribution in [0.15, 0.2) is 12.1 Å².